The molecule has 0 radical (unpaired) electrons. The summed E-state index contributed by atoms with van der Waals surface area (Å²) >= 11 is 6.96. The van der Waals surface area contributed by atoms with E-state index in [9.17, 15) is 4.79 Å². The van der Waals surface area contributed by atoms with Crippen molar-refractivity contribution in [2.45, 2.75) is 26.8 Å². The number of rotatable bonds is 3. The van der Waals surface area contributed by atoms with Gasteiger partial charge in [0.25, 0.3) is 0 Å². The number of nitrogens with zero attached hydrogens (tertiary/aromatic N) is 2. The molecule has 0 aliphatic carbocycles. The zero-order chi connectivity index (χ0) is 19.1. The fraction of sp³-hybridized carbons (Fsp3) is 0.211. The molecule has 4 rings (SSSR count). The Bertz CT molecular complexity index is 1060. The van der Waals surface area contributed by atoms with Crippen LogP contribution in [-0.4, -0.2) is 26.8 Å². The molecule has 3 aromatic rings. The number of hydrogen-bond acceptors (Lipinski definition) is 5. The Balaban J connectivity index is 1.92. The number of thiophene rings is 1. The topological polar surface area (TPSA) is 72.1 Å². The van der Waals surface area contributed by atoms with Crippen molar-refractivity contribution < 1.29 is 9.21 Å². The van der Waals surface area contributed by atoms with Crippen LogP contribution in [0.25, 0.3) is 22.7 Å². The highest BCUT2D eigenvalue weighted by molar-refractivity contribution is 7.80. The van der Waals surface area contributed by atoms with Gasteiger partial charge in [-0.1, -0.05) is 6.07 Å². The fourth-order valence-electron chi connectivity index (χ4n) is 3.17. The highest BCUT2D eigenvalue weighted by Crippen LogP contribution is 2.33. The summed E-state index contributed by atoms with van der Waals surface area (Å²) in [6, 6.07) is 9.57. The van der Waals surface area contributed by atoms with E-state index >= 15 is 0 Å². The number of carbonyl (C=O) groups excluding carboxylic acids is 1. The monoisotopic (exact) mass is 398 g/mol. The van der Waals surface area contributed by atoms with Gasteiger partial charge in [0.1, 0.15) is 11.5 Å². The summed E-state index contributed by atoms with van der Waals surface area (Å²) in [5.41, 5.74) is 3.20. The summed E-state index contributed by atoms with van der Waals surface area (Å²) in [5, 5.41) is 13.7. The summed E-state index contributed by atoms with van der Waals surface area (Å²) in [5.74, 6) is 1.21. The highest BCUT2D eigenvalue weighted by Gasteiger charge is 2.28. The summed E-state index contributed by atoms with van der Waals surface area (Å²) in [7, 11) is 0. The fourth-order valence-corrected chi connectivity index (χ4v) is 4.19. The smallest absolute Gasteiger partial charge is 0.244 e. The first-order valence-electron chi connectivity index (χ1n) is 8.48. The molecule has 1 atom stereocenters. The van der Waals surface area contributed by atoms with Crippen LogP contribution < -0.4 is 10.6 Å². The van der Waals surface area contributed by atoms with Crippen LogP contribution in [0.4, 0.5) is 0 Å². The number of aromatic nitrogens is 2. The van der Waals surface area contributed by atoms with Gasteiger partial charge in [-0.15, -0.1) is 11.3 Å². The first kappa shape index (κ1) is 17.7. The molecule has 0 amide bonds. The van der Waals surface area contributed by atoms with Gasteiger partial charge in [-0.25, -0.2) is 0 Å². The summed E-state index contributed by atoms with van der Waals surface area (Å²) in [6.07, 6.45) is 0. The van der Waals surface area contributed by atoms with Gasteiger partial charge in [-0.2, -0.15) is 9.78 Å². The molecule has 0 saturated carbocycles. The number of aryl methyl sites for hydroxylation is 1. The molecule has 0 bridgehead atoms. The van der Waals surface area contributed by atoms with E-state index in [1.54, 1.807) is 11.3 Å². The van der Waals surface area contributed by atoms with E-state index in [0.717, 1.165) is 21.9 Å². The van der Waals surface area contributed by atoms with Crippen molar-refractivity contribution >= 4 is 45.8 Å². The molecule has 0 saturated heterocycles. The quantitative estimate of drug-likeness (QED) is 0.652. The molecule has 1 aliphatic rings. The largest absolute Gasteiger partial charge is 0.460 e. The van der Waals surface area contributed by atoms with Crippen molar-refractivity contribution in [1.82, 2.24) is 20.4 Å². The molecule has 8 heteroatoms. The second-order valence-electron chi connectivity index (χ2n) is 6.34. The normalized spacial score (nSPS) is 17.0. The molecule has 27 heavy (non-hydrogen) atoms. The minimum atomic E-state index is -0.177. The van der Waals surface area contributed by atoms with Gasteiger partial charge in [0.2, 0.25) is 5.91 Å². The van der Waals surface area contributed by atoms with E-state index in [0.29, 0.717) is 22.3 Å². The predicted octanol–water partition coefficient (Wildman–Crippen LogP) is 3.91. The van der Waals surface area contributed by atoms with Crippen LogP contribution in [-0.2, 0) is 0 Å². The SMILES string of the molecule is CC(=O)n1nc(C2=C(c3cccs3)NC(=S)NC2C)cc1-c1ccc(C)o1. The Morgan fingerprint density at radius 1 is 1.37 bits per heavy atom. The standard InChI is InChI=1S/C19H18N4O2S2/c1-10-6-7-15(25-10)14-9-13(22-23(14)12(3)24)17-11(2)20-19(26)21-18(17)16-5-4-8-27-16/h4-9,11H,1-3H3,(H2,20,21,26). The third kappa shape index (κ3) is 3.22. The number of carbonyl (C=O) groups is 1. The van der Waals surface area contributed by atoms with Gasteiger partial charge < -0.3 is 15.1 Å². The summed E-state index contributed by atoms with van der Waals surface area (Å²) in [6.45, 7) is 5.38. The minimum absolute atomic E-state index is 0.0580. The second-order valence-corrected chi connectivity index (χ2v) is 7.70. The van der Waals surface area contributed by atoms with Crippen molar-refractivity contribution in [3.63, 3.8) is 0 Å². The molecule has 138 valence electrons. The Kier molecular flexibility index (Phi) is 4.45. The first-order chi connectivity index (χ1) is 12.9. The van der Waals surface area contributed by atoms with Gasteiger partial charge in [0, 0.05) is 12.5 Å². The van der Waals surface area contributed by atoms with Gasteiger partial charge >= 0.3 is 0 Å². The molecule has 2 N–H and O–H groups in total. The molecule has 0 spiro atoms. The van der Waals surface area contributed by atoms with Crippen LogP contribution in [0.3, 0.4) is 0 Å². The Morgan fingerprint density at radius 2 is 2.19 bits per heavy atom. The van der Waals surface area contributed by atoms with Gasteiger partial charge in [-0.3, -0.25) is 4.79 Å². The van der Waals surface area contributed by atoms with Crippen LogP contribution in [0.2, 0.25) is 0 Å². The van der Waals surface area contributed by atoms with Crippen LogP contribution in [0.1, 0.15) is 35.0 Å². The van der Waals surface area contributed by atoms with Crippen molar-refractivity contribution in [3.8, 4) is 11.5 Å². The third-order valence-electron chi connectivity index (χ3n) is 4.33. The zero-order valence-corrected chi connectivity index (χ0v) is 16.7. The van der Waals surface area contributed by atoms with Crippen molar-refractivity contribution in [2.24, 2.45) is 0 Å². The Labute approximate surface area is 165 Å². The summed E-state index contributed by atoms with van der Waals surface area (Å²) < 4.78 is 7.11. The molecule has 1 unspecified atom stereocenters. The Hall–Kier alpha value is -2.71. The molecule has 1 aliphatic heterocycles. The van der Waals surface area contributed by atoms with Crippen LogP contribution in [0, 0.1) is 6.92 Å². The number of furan rings is 1. The lowest BCUT2D eigenvalue weighted by Crippen LogP contribution is -2.45. The molecule has 6 nitrogen and oxygen atoms in total. The summed E-state index contributed by atoms with van der Waals surface area (Å²) in [4.78, 5) is 13.2. The second kappa shape index (κ2) is 6.79. The van der Waals surface area contributed by atoms with E-state index in [1.165, 1.54) is 11.6 Å². The van der Waals surface area contributed by atoms with Crippen molar-refractivity contribution in [2.75, 3.05) is 0 Å². The van der Waals surface area contributed by atoms with E-state index in [2.05, 4.69) is 15.7 Å². The minimum Gasteiger partial charge on any atom is -0.460 e. The van der Waals surface area contributed by atoms with Crippen molar-refractivity contribution in [1.29, 1.82) is 0 Å². The van der Waals surface area contributed by atoms with E-state index in [1.807, 2.05) is 49.6 Å². The number of thiocarbonyl (C=S) groups is 1. The average Bonchev–Trinajstić information content (AvgIpc) is 3.34. The predicted molar refractivity (Wildman–Crippen MR) is 110 cm³/mol. The molecule has 0 aromatic carbocycles. The van der Waals surface area contributed by atoms with E-state index < -0.39 is 0 Å². The lowest BCUT2D eigenvalue weighted by molar-refractivity contribution is 0.0922. The van der Waals surface area contributed by atoms with Crippen molar-refractivity contribution in [3.05, 3.63) is 52.0 Å². The first-order valence-corrected chi connectivity index (χ1v) is 9.76. The van der Waals surface area contributed by atoms with Crippen LogP contribution >= 0.6 is 23.6 Å². The third-order valence-corrected chi connectivity index (χ3v) is 5.44. The molecule has 4 heterocycles. The lowest BCUT2D eigenvalue weighted by Gasteiger charge is -2.28. The lowest BCUT2D eigenvalue weighted by atomic mass is 9.99. The molecule has 0 fully saturated rings. The van der Waals surface area contributed by atoms with Gasteiger partial charge in [0.15, 0.2) is 10.9 Å². The molecular formula is C19H18N4O2S2. The van der Waals surface area contributed by atoms with Gasteiger partial charge in [0.05, 0.1) is 22.3 Å². The highest BCUT2D eigenvalue weighted by atomic mass is 32.1. The van der Waals surface area contributed by atoms with Gasteiger partial charge in [-0.05, 0) is 55.7 Å². The Morgan fingerprint density at radius 3 is 2.81 bits per heavy atom. The van der Waals surface area contributed by atoms with Crippen LogP contribution in [0.15, 0.2) is 40.1 Å². The van der Waals surface area contributed by atoms with Crippen LogP contribution in [0.5, 0.6) is 0 Å². The maximum Gasteiger partial charge on any atom is 0.244 e. The number of hydrogen-bond donors (Lipinski definition) is 2. The van der Waals surface area contributed by atoms with E-state index in [4.69, 9.17) is 16.6 Å². The molecular weight excluding hydrogens is 380 g/mol. The maximum atomic E-state index is 12.2. The number of nitrogens with one attached hydrogen (secondary N) is 2. The zero-order valence-electron chi connectivity index (χ0n) is 15.1. The maximum absolute atomic E-state index is 12.2. The average molecular weight is 399 g/mol. The molecule has 3 aromatic heterocycles. The van der Waals surface area contributed by atoms with E-state index in [-0.39, 0.29) is 11.9 Å².